The Hall–Kier alpha value is 0.100. The van der Waals surface area contributed by atoms with Gasteiger partial charge in [0.15, 0.2) is 0 Å². The van der Waals surface area contributed by atoms with E-state index in [-0.39, 0.29) is 0 Å². The summed E-state index contributed by atoms with van der Waals surface area (Å²) < 4.78 is 0. The second-order valence-electron chi connectivity index (χ2n) is 2.26. The lowest BCUT2D eigenvalue weighted by molar-refractivity contribution is -0.117. The van der Waals surface area contributed by atoms with Crippen molar-refractivity contribution in [2.45, 2.75) is 26.2 Å². The van der Waals surface area contributed by atoms with Crippen molar-refractivity contribution in [1.29, 1.82) is 0 Å². The molecule has 0 saturated heterocycles. The number of rotatable bonds is 5. The van der Waals surface area contributed by atoms with Gasteiger partial charge in [0.1, 0.15) is 5.78 Å². The molecule has 0 saturated carbocycles. The molecule has 0 radical (unpaired) electrons. The molecule has 2 heteroatoms. The lowest BCUT2D eigenvalue weighted by Gasteiger charge is -1.93. The van der Waals surface area contributed by atoms with Crippen LogP contribution in [0.2, 0.25) is 0 Å². The van der Waals surface area contributed by atoms with Crippen LogP contribution >= 0.6 is 8.58 Å². The van der Waals surface area contributed by atoms with E-state index in [0.717, 1.165) is 21.4 Å². The first kappa shape index (κ1) is 9.10. The van der Waals surface area contributed by atoms with E-state index in [2.05, 4.69) is 6.66 Å². The molecule has 0 spiro atoms. The maximum atomic E-state index is 10.4. The van der Waals surface area contributed by atoms with Gasteiger partial charge in [0.05, 0.1) is 0 Å². The van der Waals surface area contributed by atoms with Crippen LogP contribution in [0.4, 0.5) is 0 Å². The summed E-state index contributed by atoms with van der Waals surface area (Å²) in [5.74, 6) is 0.328. The van der Waals surface area contributed by atoms with E-state index in [9.17, 15) is 4.79 Å². The number of Topliss-reactive ketones (excluding diaryl/α,β-unsaturated/α-hetero) is 1. The molecule has 54 valence electrons. The van der Waals surface area contributed by atoms with Crippen LogP contribution in [0.1, 0.15) is 26.2 Å². The summed E-state index contributed by atoms with van der Waals surface area (Å²) >= 11 is 0. The zero-order valence-corrected chi connectivity index (χ0v) is 7.24. The number of carbonyl (C=O) groups is 1. The average Bonchev–Trinajstić information content (AvgIpc) is 1.80. The van der Waals surface area contributed by atoms with Gasteiger partial charge in [-0.15, -0.1) is 8.58 Å². The zero-order chi connectivity index (χ0) is 7.11. The minimum Gasteiger partial charge on any atom is -0.300 e. The van der Waals surface area contributed by atoms with Gasteiger partial charge in [-0.2, -0.15) is 0 Å². The quantitative estimate of drug-likeness (QED) is 0.428. The lowest BCUT2D eigenvalue weighted by Crippen LogP contribution is -1.89. The fourth-order valence-electron chi connectivity index (χ4n) is 0.676. The van der Waals surface area contributed by atoms with E-state index in [1.165, 1.54) is 12.6 Å². The molecule has 1 unspecified atom stereocenters. The van der Waals surface area contributed by atoms with Crippen LogP contribution in [0.15, 0.2) is 0 Å². The number of carbonyl (C=O) groups excluding carboxylic acids is 1. The number of hydrogen-bond donors (Lipinski definition) is 0. The van der Waals surface area contributed by atoms with Crippen LogP contribution < -0.4 is 0 Å². The Kier molecular flexibility index (Phi) is 6.29. The molecule has 0 bridgehead atoms. The maximum Gasteiger partial charge on any atom is 0.129 e. The normalized spacial score (nSPS) is 10.9. The third-order valence-corrected chi connectivity index (χ3v) is 2.06. The Morgan fingerprint density at radius 1 is 1.44 bits per heavy atom. The van der Waals surface area contributed by atoms with Gasteiger partial charge >= 0.3 is 0 Å². The molecule has 0 aromatic heterocycles. The van der Waals surface area contributed by atoms with E-state index >= 15 is 0 Å². The van der Waals surface area contributed by atoms with Crippen molar-refractivity contribution in [3.05, 3.63) is 0 Å². The van der Waals surface area contributed by atoms with Gasteiger partial charge < -0.3 is 4.79 Å². The first-order valence-corrected chi connectivity index (χ1v) is 5.12. The fraction of sp³-hybridized carbons (Fsp3) is 0.857. The fourth-order valence-corrected chi connectivity index (χ4v) is 1.28. The third kappa shape index (κ3) is 8.10. The summed E-state index contributed by atoms with van der Waals surface area (Å²) in [4.78, 5) is 10.4. The molecule has 0 aromatic rings. The first-order valence-electron chi connectivity index (χ1n) is 3.41. The molecule has 0 aliphatic carbocycles. The third-order valence-electron chi connectivity index (χ3n) is 1.21. The monoisotopic (exact) mass is 146 g/mol. The molecule has 1 nitrogen and oxygen atoms in total. The molecule has 0 aliphatic rings. The predicted molar refractivity (Wildman–Crippen MR) is 43.6 cm³/mol. The molecular weight excluding hydrogens is 131 g/mol. The van der Waals surface area contributed by atoms with Crippen molar-refractivity contribution in [3.63, 3.8) is 0 Å². The molecule has 0 amide bonds. The molecule has 0 heterocycles. The molecule has 0 N–H and O–H groups in total. The van der Waals surface area contributed by atoms with Crippen LogP contribution in [0.3, 0.4) is 0 Å². The van der Waals surface area contributed by atoms with Gasteiger partial charge in [-0.05, 0) is 32.6 Å². The molecule has 9 heavy (non-hydrogen) atoms. The highest BCUT2D eigenvalue weighted by molar-refractivity contribution is 7.36. The second-order valence-corrected chi connectivity index (χ2v) is 3.47. The van der Waals surface area contributed by atoms with Crippen molar-refractivity contribution in [3.8, 4) is 0 Å². The largest absolute Gasteiger partial charge is 0.300 e. The van der Waals surface area contributed by atoms with Crippen molar-refractivity contribution in [2.75, 3.05) is 12.8 Å². The van der Waals surface area contributed by atoms with E-state index in [1.54, 1.807) is 6.92 Å². The molecule has 0 aliphatic heterocycles. The Balaban J connectivity index is 2.83. The van der Waals surface area contributed by atoms with Crippen molar-refractivity contribution in [2.24, 2.45) is 0 Å². The van der Waals surface area contributed by atoms with Gasteiger partial charge in [0.2, 0.25) is 0 Å². The van der Waals surface area contributed by atoms with Crippen molar-refractivity contribution >= 4 is 14.4 Å². The number of hydrogen-bond acceptors (Lipinski definition) is 1. The summed E-state index contributed by atoms with van der Waals surface area (Å²) in [7, 11) is 1.05. The van der Waals surface area contributed by atoms with E-state index in [0.29, 0.717) is 5.78 Å². The Morgan fingerprint density at radius 2 is 2.11 bits per heavy atom. The maximum absolute atomic E-state index is 10.4. The Morgan fingerprint density at radius 3 is 2.56 bits per heavy atom. The van der Waals surface area contributed by atoms with E-state index < -0.39 is 0 Å². The van der Waals surface area contributed by atoms with Crippen LogP contribution in [0, 0.1) is 0 Å². The van der Waals surface area contributed by atoms with Crippen molar-refractivity contribution < 1.29 is 4.79 Å². The first-order chi connectivity index (χ1) is 4.27. The lowest BCUT2D eigenvalue weighted by atomic mass is 10.2. The molecule has 0 rings (SSSR count). The minimum absolute atomic E-state index is 0.328. The van der Waals surface area contributed by atoms with Crippen LogP contribution in [0.5, 0.6) is 0 Å². The SMILES string of the molecule is CPCCCCC(C)=O. The summed E-state index contributed by atoms with van der Waals surface area (Å²) in [5.41, 5.74) is 0. The molecular formula is C7H15OP. The second kappa shape index (κ2) is 6.22. The predicted octanol–water partition coefficient (Wildman–Crippen LogP) is 2.05. The van der Waals surface area contributed by atoms with Gasteiger partial charge in [0.25, 0.3) is 0 Å². The van der Waals surface area contributed by atoms with Crippen LogP contribution in [-0.4, -0.2) is 18.6 Å². The smallest absolute Gasteiger partial charge is 0.129 e. The average molecular weight is 146 g/mol. The van der Waals surface area contributed by atoms with Crippen LogP contribution in [0.25, 0.3) is 0 Å². The van der Waals surface area contributed by atoms with Gasteiger partial charge in [-0.3, -0.25) is 0 Å². The van der Waals surface area contributed by atoms with Crippen LogP contribution in [-0.2, 0) is 4.79 Å². The summed E-state index contributed by atoms with van der Waals surface area (Å²) in [6.07, 6.45) is 4.41. The minimum atomic E-state index is 0.328. The topological polar surface area (TPSA) is 17.1 Å². The van der Waals surface area contributed by atoms with Gasteiger partial charge in [-0.25, -0.2) is 0 Å². The summed E-state index contributed by atoms with van der Waals surface area (Å²) in [6.45, 7) is 3.86. The molecule has 0 aromatic carbocycles. The van der Waals surface area contributed by atoms with E-state index in [4.69, 9.17) is 0 Å². The Labute approximate surface area is 59.0 Å². The van der Waals surface area contributed by atoms with Gasteiger partial charge in [0, 0.05) is 6.42 Å². The molecule has 0 fully saturated rings. The van der Waals surface area contributed by atoms with Gasteiger partial charge in [-0.1, -0.05) is 0 Å². The molecule has 1 atom stereocenters. The Bertz CT molecular complexity index is 81.0. The standard InChI is InChI=1S/C7H15OP/c1-7(8)5-3-4-6-9-2/h9H,3-6H2,1-2H3. The summed E-state index contributed by atoms with van der Waals surface area (Å²) in [5, 5.41) is 0. The highest BCUT2D eigenvalue weighted by Gasteiger charge is 1.91. The zero-order valence-electron chi connectivity index (χ0n) is 6.24. The number of unbranched alkanes of at least 4 members (excludes halogenated alkanes) is 1. The number of ketones is 1. The van der Waals surface area contributed by atoms with Crippen molar-refractivity contribution in [1.82, 2.24) is 0 Å². The summed E-state index contributed by atoms with van der Waals surface area (Å²) in [6, 6.07) is 0. The highest BCUT2D eigenvalue weighted by Crippen LogP contribution is 2.07. The highest BCUT2D eigenvalue weighted by atomic mass is 31.1. The van der Waals surface area contributed by atoms with E-state index in [1.807, 2.05) is 0 Å².